The van der Waals surface area contributed by atoms with Gasteiger partial charge in [-0.15, -0.1) is 0 Å². The van der Waals surface area contributed by atoms with Gasteiger partial charge in [0.1, 0.15) is 0 Å². The molecule has 0 radical (unpaired) electrons. The third-order valence-corrected chi connectivity index (χ3v) is 3.12. The maximum absolute atomic E-state index is 12.0. The normalized spacial score (nSPS) is 19.2. The Labute approximate surface area is 106 Å². The number of anilines is 1. The molecule has 2 rings (SSSR count). The molecule has 0 aliphatic carbocycles. The predicted molar refractivity (Wildman–Crippen MR) is 69.2 cm³/mol. The molecule has 2 amide bonds. The lowest BCUT2D eigenvalue weighted by Crippen LogP contribution is -2.37. The molecule has 1 aliphatic heterocycles. The van der Waals surface area contributed by atoms with E-state index in [4.69, 9.17) is 5.73 Å². The molecule has 0 bridgehead atoms. The molecule has 1 heterocycles. The molecule has 1 aliphatic rings. The Bertz CT molecular complexity index is 453. The van der Waals surface area contributed by atoms with Crippen LogP contribution in [0.2, 0.25) is 0 Å². The van der Waals surface area contributed by atoms with Crippen LogP contribution in [0.5, 0.6) is 0 Å². The zero-order valence-corrected chi connectivity index (χ0v) is 10.1. The van der Waals surface area contributed by atoms with Crippen LogP contribution in [0.1, 0.15) is 23.2 Å². The number of rotatable bonds is 3. The van der Waals surface area contributed by atoms with Crippen LogP contribution in [0.3, 0.4) is 0 Å². The number of carbonyl (C=O) groups excluding carboxylic acids is 2. The summed E-state index contributed by atoms with van der Waals surface area (Å²) in [6.07, 6.45) is 1.87. The smallest absolute Gasteiger partial charge is 0.250 e. The van der Waals surface area contributed by atoms with E-state index in [9.17, 15) is 9.59 Å². The quantitative estimate of drug-likeness (QED) is 0.736. The van der Waals surface area contributed by atoms with Gasteiger partial charge >= 0.3 is 0 Å². The standard InChI is InChI=1S/C13H17N3O2/c14-12(17)10-5-1-2-6-11(10)16-13(18)9-4-3-7-15-8-9/h1-2,5-6,9,15H,3-4,7-8H2,(H2,14,17)(H,16,18). The number of primary amides is 1. The Balaban J connectivity index is 2.08. The van der Waals surface area contributed by atoms with E-state index in [0.29, 0.717) is 17.8 Å². The highest BCUT2D eigenvalue weighted by molar-refractivity contribution is 6.03. The molecule has 18 heavy (non-hydrogen) atoms. The molecule has 0 saturated carbocycles. The zero-order valence-electron chi connectivity index (χ0n) is 10.1. The van der Waals surface area contributed by atoms with Crippen molar-refractivity contribution in [3.05, 3.63) is 29.8 Å². The fourth-order valence-corrected chi connectivity index (χ4v) is 2.12. The van der Waals surface area contributed by atoms with Gasteiger partial charge in [0.15, 0.2) is 0 Å². The van der Waals surface area contributed by atoms with Crippen LogP contribution < -0.4 is 16.4 Å². The second-order valence-corrected chi connectivity index (χ2v) is 4.44. The van der Waals surface area contributed by atoms with E-state index >= 15 is 0 Å². The predicted octanol–water partition coefficient (Wildman–Crippen LogP) is 0.724. The van der Waals surface area contributed by atoms with Crippen LogP contribution in [0.4, 0.5) is 5.69 Å². The molecule has 1 aromatic rings. The Kier molecular flexibility index (Phi) is 3.94. The van der Waals surface area contributed by atoms with E-state index in [-0.39, 0.29) is 11.8 Å². The fraction of sp³-hybridized carbons (Fsp3) is 0.385. The van der Waals surface area contributed by atoms with E-state index < -0.39 is 5.91 Å². The van der Waals surface area contributed by atoms with Crippen LogP contribution in [0.25, 0.3) is 0 Å². The van der Waals surface area contributed by atoms with Gasteiger partial charge in [-0.1, -0.05) is 12.1 Å². The van der Waals surface area contributed by atoms with Gasteiger partial charge < -0.3 is 16.4 Å². The molecule has 1 atom stereocenters. The minimum atomic E-state index is -0.535. The number of nitrogens with one attached hydrogen (secondary N) is 2. The Morgan fingerprint density at radius 1 is 1.33 bits per heavy atom. The van der Waals surface area contributed by atoms with Crippen molar-refractivity contribution in [1.29, 1.82) is 0 Å². The third-order valence-electron chi connectivity index (χ3n) is 3.12. The number of para-hydroxylation sites is 1. The average Bonchev–Trinajstić information content (AvgIpc) is 2.40. The highest BCUT2D eigenvalue weighted by atomic mass is 16.2. The van der Waals surface area contributed by atoms with Gasteiger partial charge in [-0.25, -0.2) is 0 Å². The first-order valence-electron chi connectivity index (χ1n) is 6.09. The minimum absolute atomic E-state index is 0.0420. The lowest BCUT2D eigenvalue weighted by atomic mass is 9.98. The number of hydrogen-bond acceptors (Lipinski definition) is 3. The molecule has 1 unspecified atom stereocenters. The van der Waals surface area contributed by atoms with Crippen LogP contribution in [0.15, 0.2) is 24.3 Å². The summed E-state index contributed by atoms with van der Waals surface area (Å²) in [5.74, 6) is -0.636. The first kappa shape index (κ1) is 12.6. The summed E-state index contributed by atoms with van der Waals surface area (Å²) in [5.41, 5.74) is 6.10. The number of benzene rings is 1. The number of amides is 2. The summed E-state index contributed by atoms with van der Waals surface area (Å²) in [7, 11) is 0. The summed E-state index contributed by atoms with van der Waals surface area (Å²) < 4.78 is 0. The SMILES string of the molecule is NC(=O)c1ccccc1NC(=O)C1CCCNC1. The second kappa shape index (κ2) is 5.64. The Morgan fingerprint density at radius 2 is 2.11 bits per heavy atom. The third kappa shape index (κ3) is 2.87. The molecule has 1 fully saturated rings. The summed E-state index contributed by atoms with van der Waals surface area (Å²) in [5, 5.41) is 5.97. The molecular formula is C13H17N3O2. The molecule has 96 valence electrons. The molecule has 0 aromatic heterocycles. The van der Waals surface area contributed by atoms with Gasteiger partial charge in [0.05, 0.1) is 17.2 Å². The Morgan fingerprint density at radius 3 is 2.78 bits per heavy atom. The molecule has 5 nitrogen and oxygen atoms in total. The summed E-state index contributed by atoms with van der Waals surface area (Å²) in [4.78, 5) is 23.3. The highest BCUT2D eigenvalue weighted by Crippen LogP contribution is 2.17. The monoisotopic (exact) mass is 247 g/mol. The highest BCUT2D eigenvalue weighted by Gasteiger charge is 2.21. The van der Waals surface area contributed by atoms with Crippen molar-refractivity contribution in [3.8, 4) is 0 Å². The first-order chi connectivity index (χ1) is 8.68. The van der Waals surface area contributed by atoms with Crippen molar-refractivity contribution in [2.75, 3.05) is 18.4 Å². The van der Waals surface area contributed by atoms with Crippen LogP contribution >= 0.6 is 0 Å². The van der Waals surface area contributed by atoms with Gasteiger partial charge in [0.2, 0.25) is 5.91 Å². The van der Waals surface area contributed by atoms with Crippen LogP contribution in [-0.4, -0.2) is 24.9 Å². The van der Waals surface area contributed by atoms with Crippen LogP contribution in [0, 0.1) is 5.92 Å². The molecule has 1 aromatic carbocycles. The lowest BCUT2D eigenvalue weighted by Gasteiger charge is -2.22. The number of hydrogen-bond donors (Lipinski definition) is 3. The zero-order chi connectivity index (χ0) is 13.0. The van der Waals surface area contributed by atoms with Gasteiger partial charge in [-0.3, -0.25) is 9.59 Å². The van der Waals surface area contributed by atoms with Gasteiger partial charge in [0, 0.05) is 6.54 Å². The molecule has 5 heteroatoms. The number of carbonyl (C=O) groups is 2. The average molecular weight is 247 g/mol. The summed E-state index contributed by atoms with van der Waals surface area (Å²) >= 11 is 0. The first-order valence-corrected chi connectivity index (χ1v) is 6.09. The summed E-state index contributed by atoms with van der Waals surface area (Å²) in [6.45, 7) is 1.65. The topological polar surface area (TPSA) is 84.2 Å². The Hall–Kier alpha value is -1.88. The minimum Gasteiger partial charge on any atom is -0.366 e. The van der Waals surface area contributed by atoms with Crippen molar-refractivity contribution < 1.29 is 9.59 Å². The van der Waals surface area contributed by atoms with Crippen molar-refractivity contribution in [2.24, 2.45) is 11.7 Å². The van der Waals surface area contributed by atoms with Crippen molar-refractivity contribution in [3.63, 3.8) is 0 Å². The molecule has 4 N–H and O–H groups in total. The maximum atomic E-state index is 12.0. The van der Waals surface area contributed by atoms with E-state index in [1.165, 1.54) is 0 Å². The second-order valence-electron chi connectivity index (χ2n) is 4.44. The van der Waals surface area contributed by atoms with Crippen molar-refractivity contribution in [1.82, 2.24) is 5.32 Å². The molecule has 0 spiro atoms. The lowest BCUT2D eigenvalue weighted by molar-refractivity contribution is -0.120. The molecule has 1 saturated heterocycles. The largest absolute Gasteiger partial charge is 0.366 e. The van der Waals surface area contributed by atoms with Gasteiger partial charge in [-0.2, -0.15) is 0 Å². The van der Waals surface area contributed by atoms with E-state index in [1.54, 1.807) is 24.3 Å². The molecular weight excluding hydrogens is 230 g/mol. The number of piperidine rings is 1. The van der Waals surface area contributed by atoms with E-state index in [0.717, 1.165) is 19.4 Å². The van der Waals surface area contributed by atoms with Crippen molar-refractivity contribution >= 4 is 17.5 Å². The maximum Gasteiger partial charge on any atom is 0.250 e. The van der Waals surface area contributed by atoms with E-state index in [1.807, 2.05) is 0 Å². The van der Waals surface area contributed by atoms with Crippen LogP contribution in [-0.2, 0) is 4.79 Å². The fourth-order valence-electron chi connectivity index (χ4n) is 2.12. The number of nitrogens with two attached hydrogens (primary N) is 1. The van der Waals surface area contributed by atoms with Gasteiger partial charge in [0.25, 0.3) is 5.91 Å². The van der Waals surface area contributed by atoms with Gasteiger partial charge in [-0.05, 0) is 31.5 Å². The van der Waals surface area contributed by atoms with E-state index in [2.05, 4.69) is 10.6 Å². The van der Waals surface area contributed by atoms with Crippen molar-refractivity contribution in [2.45, 2.75) is 12.8 Å². The summed E-state index contributed by atoms with van der Waals surface area (Å²) in [6, 6.07) is 6.78.